The van der Waals surface area contributed by atoms with E-state index in [-0.39, 0.29) is 18.0 Å². The number of hydrogen-bond acceptors (Lipinski definition) is 2. The van der Waals surface area contributed by atoms with Crippen molar-refractivity contribution in [3.63, 3.8) is 0 Å². The van der Waals surface area contributed by atoms with Crippen LogP contribution in [0.15, 0.2) is 12.1 Å². The normalized spacial score (nSPS) is 14.5. The Hall–Kier alpha value is -1.09. The molecule has 0 heterocycles. The maximum Gasteiger partial charge on any atom is 0.126 e. The molecule has 1 rings (SSSR count). The summed E-state index contributed by atoms with van der Waals surface area (Å²) >= 11 is 0. The van der Waals surface area contributed by atoms with Gasteiger partial charge in [0, 0.05) is 11.6 Å². The van der Waals surface area contributed by atoms with E-state index < -0.39 is 0 Å². The van der Waals surface area contributed by atoms with Gasteiger partial charge in [-0.05, 0) is 57.9 Å². The second-order valence-corrected chi connectivity index (χ2v) is 5.71. The minimum atomic E-state index is -0.180. The van der Waals surface area contributed by atoms with Gasteiger partial charge in [-0.3, -0.25) is 0 Å². The molecule has 2 unspecified atom stereocenters. The van der Waals surface area contributed by atoms with E-state index in [4.69, 9.17) is 4.74 Å². The van der Waals surface area contributed by atoms with Crippen molar-refractivity contribution in [2.45, 2.75) is 53.2 Å². The Balaban J connectivity index is 3.00. The smallest absolute Gasteiger partial charge is 0.126 e. The van der Waals surface area contributed by atoms with Crippen molar-refractivity contribution >= 4 is 0 Å². The fourth-order valence-corrected chi connectivity index (χ4v) is 2.20. The molecule has 0 bridgehead atoms. The number of halogens is 1. The van der Waals surface area contributed by atoms with E-state index >= 15 is 0 Å². The van der Waals surface area contributed by atoms with E-state index in [2.05, 4.69) is 26.1 Å². The number of benzene rings is 1. The van der Waals surface area contributed by atoms with Crippen LogP contribution in [0.4, 0.5) is 4.39 Å². The van der Waals surface area contributed by atoms with Crippen LogP contribution in [0.25, 0.3) is 0 Å². The third-order valence-electron chi connectivity index (χ3n) is 3.32. The lowest BCUT2D eigenvalue weighted by Crippen LogP contribution is -2.19. The topological polar surface area (TPSA) is 21.3 Å². The first-order valence-corrected chi connectivity index (χ1v) is 6.99. The zero-order chi connectivity index (χ0) is 14.6. The zero-order valence-corrected chi connectivity index (χ0v) is 12.9. The average Bonchev–Trinajstić information content (AvgIpc) is 2.31. The van der Waals surface area contributed by atoms with Crippen LogP contribution < -0.4 is 10.1 Å². The van der Waals surface area contributed by atoms with Crippen molar-refractivity contribution in [3.05, 3.63) is 29.1 Å². The van der Waals surface area contributed by atoms with Gasteiger partial charge in [0.25, 0.3) is 0 Å². The zero-order valence-electron chi connectivity index (χ0n) is 12.9. The Morgan fingerprint density at radius 2 is 1.84 bits per heavy atom. The highest BCUT2D eigenvalue weighted by atomic mass is 19.1. The highest BCUT2D eigenvalue weighted by Crippen LogP contribution is 2.29. The molecule has 1 aromatic carbocycles. The summed E-state index contributed by atoms with van der Waals surface area (Å²) in [5.41, 5.74) is 1.50. The van der Waals surface area contributed by atoms with E-state index in [1.54, 1.807) is 19.1 Å². The molecule has 0 spiro atoms. The molecule has 0 saturated heterocycles. The third-order valence-corrected chi connectivity index (χ3v) is 3.32. The Bertz CT molecular complexity index is 417. The maximum absolute atomic E-state index is 13.7. The Labute approximate surface area is 116 Å². The van der Waals surface area contributed by atoms with Gasteiger partial charge in [-0.15, -0.1) is 0 Å². The molecule has 2 atom stereocenters. The lowest BCUT2D eigenvalue weighted by Gasteiger charge is -2.22. The van der Waals surface area contributed by atoms with Crippen molar-refractivity contribution in [2.75, 3.05) is 7.05 Å². The van der Waals surface area contributed by atoms with Crippen LogP contribution in [0.3, 0.4) is 0 Å². The van der Waals surface area contributed by atoms with Gasteiger partial charge >= 0.3 is 0 Å². The van der Waals surface area contributed by atoms with Crippen LogP contribution in [0, 0.1) is 18.7 Å². The number of nitrogens with one attached hydrogen (secondary N) is 1. The molecule has 2 nitrogen and oxygen atoms in total. The molecule has 0 aliphatic rings. The molecule has 19 heavy (non-hydrogen) atoms. The maximum atomic E-state index is 13.7. The summed E-state index contributed by atoms with van der Waals surface area (Å²) < 4.78 is 19.7. The molecule has 108 valence electrons. The highest BCUT2D eigenvalue weighted by Gasteiger charge is 2.16. The largest absolute Gasteiger partial charge is 0.490 e. The number of ether oxygens (including phenoxy) is 1. The lowest BCUT2D eigenvalue weighted by molar-refractivity contribution is 0.190. The standard InChI is InChI=1S/C16H26FNO/c1-10(2)7-12(4)19-16-8-11(3)15(17)9-14(16)13(5)18-6/h8-10,12-13,18H,7H2,1-6H3. The number of hydrogen-bond donors (Lipinski definition) is 1. The molecular formula is C16H26FNO. The summed E-state index contributed by atoms with van der Waals surface area (Å²) in [5, 5.41) is 3.14. The predicted octanol–water partition coefficient (Wildman–Crippen LogP) is 4.23. The molecule has 1 N–H and O–H groups in total. The fourth-order valence-electron chi connectivity index (χ4n) is 2.20. The van der Waals surface area contributed by atoms with E-state index in [0.717, 1.165) is 17.7 Å². The Morgan fingerprint density at radius 3 is 2.37 bits per heavy atom. The van der Waals surface area contributed by atoms with Crippen LogP contribution in [0.2, 0.25) is 0 Å². The van der Waals surface area contributed by atoms with Gasteiger partial charge in [-0.1, -0.05) is 13.8 Å². The van der Waals surface area contributed by atoms with Crippen molar-refractivity contribution in [2.24, 2.45) is 5.92 Å². The SMILES string of the molecule is CNC(C)c1cc(F)c(C)cc1OC(C)CC(C)C. The second-order valence-electron chi connectivity index (χ2n) is 5.71. The molecule has 0 amide bonds. The molecule has 0 aliphatic heterocycles. The first kappa shape index (κ1) is 16.0. The molecule has 0 fully saturated rings. The molecule has 0 aromatic heterocycles. The fraction of sp³-hybridized carbons (Fsp3) is 0.625. The van der Waals surface area contributed by atoms with Gasteiger partial charge in [-0.2, -0.15) is 0 Å². The van der Waals surface area contributed by atoms with Crippen molar-refractivity contribution in [1.29, 1.82) is 0 Å². The molecular weight excluding hydrogens is 241 g/mol. The third kappa shape index (κ3) is 4.50. The summed E-state index contributed by atoms with van der Waals surface area (Å²) in [4.78, 5) is 0. The van der Waals surface area contributed by atoms with Gasteiger partial charge in [0.2, 0.25) is 0 Å². The van der Waals surface area contributed by atoms with Crippen molar-refractivity contribution in [1.82, 2.24) is 5.32 Å². The summed E-state index contributed by atoms with van der Waals surface area (Å²) in [6.07, 6.45) is 1.12. The highest BCUT2D eigenvalue weighted by molar-refractivity contribution is 5.40. The van der Waals surface area contributed by atoms with Crippen molar-refractivity contribution < 1.29 is 9.13 Å². The summed E-state index contributed by atoms with van der Waals surface area (Å²) in [5.74, 6) is 1.19. The molecule has 3 heteroatoms. The minimum absolute atomic E-state index is 0.0661. The van der Waals surface area contributed by atoms with Crippen LogP contribution in [0.1, 0.15) is 51.3 Å². The van der Waals surface area contributed by atoms with E-state index in [0.29, 0.717) is 11.5 Å². The first-order chi connectivity index (χ1) is 8.85. The predicted molar refractivity (Wildman–Crippen MR) is 78.2 cm³/mol. The number of aryl methyl sites for hydroxylation is 1. The van der Waals surface area contributed by atoms with Gasteiger partial charge in [-0.25, -0.2) is 4.39 Å². The van der Waals surface area contributed by atoms with E-state index in [9.17, 15) is 4.39 Å². The average molecular weight is 267 g/mol. The van der Waals surface area contributed by atoms with Crippen LogP contribution in [0.5, 0.6) is 5.75 Å². The Kier molecular flexibility index (Phi) is 5.80. The van der Waals surface area contributed by atoms with Gasteiger partial charge in [0.1, 0.15) is 11.6 Å². The number of rotatable bonds is 6. The Morgan fingerprint density at radius 1 is 1.21 bits per heavy atom. The van der Waals surface area contributed by atoms with Crippen LogP contribution >= 0.6 is 0 Å². The lowest BCUT2D eigenvalue weighted by atomic mass is 10.0. The molecule has 1 aromatic rings. The van der Waals surface area contributed by atoms with Gasteiger partial charge < -0.3 is 10.1 Å². The summed E-state index contributed by atoms with van der Waals surface area (Å²) in [7, 11) is 1.86. The monoisotopic (exact) mass is 267 g/mol. The second kappa shape index (κ2) is 6.90. The van der Waals surface area contributed by atoms with Gasteiger partial charge in [0.15, 0.2) is 0 Å². The molecule has 0 aliphatic carbocycles. The van der Waals surface area contributed by atoms with E-state index in [1.165, 1.54) is 0 Å². The van der Waals surface area contributed by atoms with Crippen LogP contribution in [-0.4, -0.2) is 13.2 Å². The molecule has 0 radical (unpaired) electrons. The van der Waals surface area contributed by atoms with E-state index in [1.807, 2.05) is 14.0 Å². The van der Waals surface area contributed by atoms with Crippen LogP contribution in [-0.2, 0) is 0 Å². The summed E-state index contributed by atoms with van der Waals surface area (Å²) in [6.45, 7) is 10.2. The quantitative estimate of drug-likeness (QED) is 0.833. The van der Waals surface area contributed by atoms with Crippen molar-refractivity contribution in [3.8, 4) is 5.75 Å². The first-order valence-electron chi connectivity index (χ1n) is 6.99. The minimum Gasteiger partial charge on any atom is -0.490 e. The van der Waals surface area contributed by atoms with Gasteiger partial charge in [0.05, 0.1) is 6.10 Å². The summed E-state index contributed by atoms with van der Waals surface area (Å²) in [6, 6.07) is 3.44. The molecule has 0 saturated carbocycles.